The van der Waals surface area contributed by atoms with Gasteiger partial charge in [-0.15, -0.1) is 0 Å². The van der Waals surface area contributed by atoms with Gasteiger partial charge in [-0.3, -0.25) is 19.4 Å². The number of imide groups is 1. The lowest BCUT2D eigenvalue weighted by Crippen LogP contribution is -2.48. The molecule has 1 aliphatic carbocycles. The number of nitrogens with one attached hydrogen (secondary N) is 2. The van der Waals surface area contributed by atoms with Gasteiger partial charge in [-0.1, -0.05) is 37.5 Å². The molecule has 174 valence electrons. The molecule has 0 aromatic heterocycles. The Hall–Kier alpha value is -2.61. The summed E-state index contributed by atoms with van der Waals surface area (Å²) < 4.78 is 0. The van der Waals surface area contributed by atoms with Gasteiger partial charge in [0.15, 0.2) is 0 Å². The van der Waals surface area contributed by atoms with E-state index in [4.69, 9.17) is 0 Å². The summed E-state index contributed by atoms with van der Waals surface area (Å²) in [5.74, 6) is -0.256. The standard InChI is InChI=1S/C24H35N5O3/c30-21(10-15-29-22(31)24(26-23(29)32)11-5-2-6-12-24)25-13-7-14-27-16-18-28(19-17-27)20-8-3-1-4-9-20/h1,3-4,8-9H,2,5-7,10-19H2,(H,25,30)(H,26,32). The Balaban J connectivity index is 1.10. The smallest absolute Gasteiger partial charge is 0.325 e. The SMILES string of the molecule is O=C(CCN1C(=O)NC2(CCCCC2)C1=O)NCCCN1CCN(c2ccccc2)CC1. The molecule has 1 aromatic rings. The average molecular weight is 442 g/mol. The van der Waals surface area contributed by atoms with E-state index in [1.54, 1.807) is 0 Å². The van der Waals surface area contributed by atoms with Crippen LogP contribution in [0.5, 0.6) is 0 Å². The van der Waals surface area contributed by atoms with Gasteiger partial charge >= 0.3 is 6.03 Å². The van der Waals surface area contributed by atoms with Crippen LogP contribution in [0.4, 0.5) is 10.5 Å². The van der Waals surface area contributed by atoms with Crippen LogP contribution >= 0.6 is 0 Å². The second-order valence-electron chi connectivity index (χ2n) is 9.15. The number of nitrogens with zero attached hydrogens (tertiary/aromatic N) is 3. The predicted molar refractivity (Wildman–Crippen MR) is 123 cm³/mol. The van der Waals surface area contributed by atoms with Crippen molar-refractivity contribution in [3.63, 3.8) is 0 Å². The number of hydrogen-bond acceptors (Lipinski definition) is 5. The van der Waals surface area contributed by atoms with Crippen LogP contribution in [0.25, 0.3) is 0 Å². The molecule has 32 heavy (non-hydrogen) atoms. The van der Waals surface area contributed by atoms with E-state index in [0.29, 0.717) is 19.4 Å². The largest absolute Gasteiger partial charge is 0.369 e. The molecule has 1 saturated carbocycles. The fourth-order valence-electron chi connectivity index (χ4n) is 5.07. The Bertz CT molecular complexity index is 801. The summed E-state index contributed by atoms with van der Waals surface area (Å²) in [5.41, 5.74) is 0.565. The average Bonchev–Trinajstić information content (AvgIpc) is 3.05. The van der Waals surface area contributed by atoms with E-state index in [0.717, 1.165) is 58.4 Å². The Labute approximate surface area is 190 Å². The fraction of sp³-hybridized carbons (Fsp3) is 0.625. The van der Waals surface area contributed by atoms with E-state index in [1.165, 1.54) is 10.6 Å². The van der Waals surface area contributed by atoms with Gasteiger partial charge in [0.25, 0.3) is 5.91 Å². The zero-order valence-electron chi connectivity index (χ0n) is 18.9. The summed E-state index contributed by atoms with van der Waals surface area (Å²) >= 11 is 0. The van der Waals surface area contributed by atoms with Crippen LogP contribution in [0.3, 0.4) is 0 Å². The van der Waals surface area contributed by atoms with Crippen molar-refractivity contribution in [1.82, 2.24) is 20.4 Å². The molecule has 2 aliphatic heterocycles. The van der Waals surface area contributed by atoms with Crippen molar-refractivity contribution >= 4 is 23.5 Å². The first kappa shape index (κ1) is 22.6. The van der Waals surface area contributed by atoms with Crippen LogP contribution in [0.2, 0.25) is 0 Å². The van der Waals surface area contributed by atoms with Crippen LogP contribution in [0.1, 0.15) is 44.9 Å². The number of hydrogen-bond donors (Lipinski definition) is 2. The first-order chi connectivity index (χ1) is 15.6. The van der Waals surface area contributed by atoms with Crippen molar-refractivity contribution in [1.29, 1.82) is 0 Å². The lowest BCUT2D eigenvalue weighted by Gasteiger charge is -2.36. The second-order valence-corrected chi connectivity index (χ2v) is 9.15. The van der Waals surface area contributed by atoms with Crippen molar-refractivity contribution in [3.05, 3.63) is 30.3 Å². The topological polar surface area (TPSA) is 85.0 Å². The van der Waals surface area contributed by atoms with Gasteiger partial charge in [-0.05, 0) is 37.9 Å². The van der Waals surface area contributed by atoms with Crippen LogP contribution in [0, 0.1) is 0 Å². The van der Waals surface area contributed by atoms with Gasteiger partial charge in [0.05, 0.1) is 0 Å². The molecule has 2 heterocycles. The molecular weight excluding hydrogens is 406 g/mol. The van der Waals surface area contributed by atoms with Crippen LogP contribution in [-0.2, 0) is 9.59 Å². The quantitative estimate of drug-likeness (QED) is 0.476. The number of rotatable bonds is 8. The van der Waals surface area contributed by atoms with Crippen molar-refractivity contribution in [3.8, 4) is 0 Å². The molecule has 1 spiro atoms. The number of carbonyl (C=O) groups is 3. The Morgan fingerprint density at radius 2 is 1.69 bits per heavy atom. The number of para-hydroxylation sites is 1. The minimum absolute atomic E-state index is 0.107. The molecule has 8 heteroatoms. The Kier molecular flexibility index (Phi) is 7.29. The molecule has 0 atom stereocenters. The van der Waals surface area contributed by atoms with Crippen molar-refractivity contribution in [2.75, 3.05) is 50.7 Å². The molecule has 1 aromatic carbocycles. The molecule has 0 bridgehead atoms. The fourth-order valence-corrected chi connectivity index (χ4v) is 5.07. The van der Waals surface area contributed by atoms with Gasteiger partial charge in [-0.25, -0.2) is 4.79 Å². The van der Waals surface area contributed by atoms with Crippen LogP contribution < -0.4 is 15.5 Å². The van der Waals surface area contributed by atoms with E-state index in [1.807, 2.05) is 6.07 Å². The minimum atomic E-state index is -0.712. The number of benzene rings is 1. The normalized spacial score (nSPS) is 21.1. The summed E-state index contributed by atoms with van der Waals surface area (Å²) in [6.45, 7) is 5.81. The predicted octanol–water partition coefficient (Wildman–Crippen LogP) is 1.96. The third kappa shape index (κ3) is 5.23. The molecule has 0 radical (unpaired) electrons. The Morgan fingerprint density at radius 1 is 0.969 bits per heavy atom. The highest BCUT2D eigenvalue weighted by molar-refractivity contribution is 6.07. The number of anilines is 1. The van der Waals surface area contributed by atoms with E-state index >= 15 is 0 Å². The molecular formula is C24H35N5O3. The third-order valence-corrected chi connectivity index (χ3v) is 6.98. The highest BCUT2D eigenvalue weighted by atomic mass is 16.2. The van der Waals surface area contributed by atoms with E-state index in [2.05, 4.69) is 44.7 Å². The highest BCUT2D eigenvalue weighted by Gasteiger charge is 2.51. The monoisotopic (exact) mass is 441 g/mol. The first-order valence-electron chi connectivity index (χ1n) is 12.0. The lowest BCUT2D eigenvalue weighted by molar-refractivity contribution is -0.132. The maximum Gasteiger partial charge on any atom is 0.325 e. The molecule has 4 rings (SSSR count). The van der Waals surface area contributed by atoms with E-state index < -0.39 is 5.54 Å². The third-order valence-electron chi connectivity index (χ3n) is 6.98. The molecule has 4 amide bonds. The number of piperazine rings is 1. The van der Waals surface area contributed by atoms with Crippen LogP contribution in [0.15, 0.2) is 30.3 Å². The summed E-state index contributed by atoms with van der Waals surface area (Å²) in [5, 5.41) is 5.83. The van der Waals surface area contributed by atoms with Gasteiger partial charge in [-0.2, -0.15) is 0 Å². The minimum Gasteiger partial charge on any atom is -0.369 e. The van der Waals surface area contributed by atoms with E-state index in [-0.39, 0.29) is 30.8 Å². The van der Waals surface area contributed by atoms with Gasteiger partial charge in [0.1, 0.15) is 5.54 Å². The van der Waals surface area contributed by atoms with Gasteiger partial charge in [0.2, 0.25) is 5.91 Å². The van der Waals surface area contributed by atoms with Gasteiger partial charge < -0.3 is 15.5 Å². The number of amides is 4. The van der Waals surface area contributed by atoms with Gasteiger partial charge in [0, 0.05) is 51.4 Å². The molecule has 2 saturated heterocycles. The Morgan fingerprint density at radius 3 is 2.41 bits per heavy atom. The van der Waals surface area contributed by atoms with Crippen molar-refractivity contribution in [2.24, 2.45) is 0 Å². The second kappa shape index (κ2) is 10.3. The zero-order chi connectivity index (χ0) is 22.4. The first-order valence-corrected chi connectivity index (χ1v) is 12.0. The van der Waals surface area contributed by atoms with Crippen molar-refractivity contribution in [2.45, 2.75) is 50.5 Å². The summed E-state index contributed by atoms with van der Waals surface area (Å²) in [7, 11) is 0. The molecule has 8 nitrogen and oxygen atoms in total. The maximum absolute atomic E-state index is 12.8. The zero-order valence-corrected chi connectivity index (χ0v) is 18.9. The number of carbonyl (C=O) groups excluding carboxylic acids is 3. The summed E-state index contributed by atoms with van der Waals surface area (Å²) in [6, 6.07) is 10.1. The van der Waals surface area contributed by atoms with Crippen LogP contribution in [-0.4, -0.2) is 79.0 Å². The summed E-state index contributed by atoms with van der Waals surface area (Å²) in [6.07, 6.45) is 5.49. The molecule has 0 unspecified atom stereocenters. The number of urea groups is 1. The van der Waals surface area contributed by atoms with E-state index in [9.17, 15) is 14.4 Å². The molecule has 3 aliphatic rings. The summed E-state index contributed by atoms with van der Waals surface area (Å²) in [4.78, 5) is 43.3. The molecule has 2 N–H and O–H groups in total. The molecule has 3 fully saturated rings. The maximum atomic E-state index is 12.8. The lowest BCUT2D eigenvalue weighted by atomic mass is 9.82. The highest BCUT2D eigenvalue weighted by Crippen LogP contribution is 2.33. The van der Waals surface area contributed by atoms with Crippen molar-refractivity contribution < 1.29 is 14.4 Å².